The fourth-order valence-corrected chi connectivity index (χ4v) is 2.92. The summed E-state index contributed by atoms with van der Waals surface area (Å²) in [6.07, 6.45) is 1.35. The van der Waals surface area contributed by atoms with E-state index in [4.69, 9.17) is 0 Å². The van der Waals surface area contributed by atoms with Crippen LogP contribution < -0.4 is 4.90 Å². The van der Waals surface area contributed by atoms with Gasteiger partial charge in [-0.3, -0.25) is 4.90 Å². The van der Waals surface area contributed by atoms with E-state index in [0.29, 0.717) is 0 Å². The van der Waals surface area contributed by atoms with Gasteiger partial charge in [0.25, 0.3) is 0 Å². The van der Waals surface area contributed by atoms with Crippen molar-refractivity contribution in [1.29, 1.82) is 0 Å². The Labute approximate surface area is 91.5 Å². The van der Waals surface area contributed by atoms with Crippen LogP contribution in [0.4, 0.5) is 5.69 Å². The van der Waals surface area contributed by atoms with Crippen LogP contribution in [-0.4, -0.2) is 37.1 Å². The van der Waals surface area contributed by atoms with Crippen molar-refractivity contribution in [2.75, 3.05) is 25.0 Å². The number of likely N-dealkylation sites (tertiary alicyclic amines) is 1. The zero-order valence-electron chi connectivity index (χ0n) is 9.48. The molecule has 15 heavy (non-hydrogen) atoms. The molecule has 2 nitrogen and oxygen atoms in total. The molecule has 2 aliphatic heterocycles. The molecule has 0 radical (unpaired) electrons. The summed E-state index contributed by atoms with van der Waals surface area (Å²) in [5, 5.41) is 0. The summed E-state index contributed by atoms with van der Waals surface area (Å²) in [6, 6.07) is 10.5. The Bertz CT molecular complexity index is 355. The molecule has 0 aromatic heterocycles. The minimum atomic E-state index is 0.753. The van der Waals surface area contributed by atoms with Crippen LogP contribution in [-0.2, 0) is 0 Å². The second-order valence-electron chi connectivity index (χ2n) is 4.97. The van der Waals surface area contributed by atoms with E-state index in [0.717, 1.165) is 12.1 Å². The van der Waals surface area contributed by atoms with Crippen LogP contribution in [0.25, 0.3) is 0 Å². The van der Waals surface area contributed by atoms with Gasteiger partial charge in [-0.2, -0.15) is 0 Å². The van der Waals surface area contributed by atoms with Gasteiger partial charge in [-0.05, 0) is 32.5 Å². The summed E-state index contributed by atoms with van der Waals surface area (Å²) in [4.78, 5) is 5.07. The molecule has 3 rings (SSSR count). The predicted octanol–water partition coefficient (Wildman–Crippen LogP) is 1.89. The number of aryl methyl sites for hydroxylation is 1. The zero-order chi connectivity index (χ0) is 10.4. The monoisotopic (exact) mass is 202 g/mol. The fourth-order valence-electron chi connectivity index (χ4n) is 2.92. The number of hydrogen-bond donors (Lipinski definition) is 0. The van der Waals surface area contributed by atoms with Gasteiger partial charge in [0.2, 0.25) is 0 Å². The van der Waals surface area contributed by atoms with E-state index in [-0.39, 0.29) is 0 Å². The SMILES string of the molecule is Cc1ccc(N2C[C@@H]3C[C@H]2CN3C)cc1. The van der Waals surface area contributed by atoms with Crippen LogP contribution in [0.15, 0.2) is 24.3 Å². The van der Waals surface area contributed by atoms with E-state index in [9.17, 15) is 0 Å². The normalized spacial score (nSPS) is 30.1. The Kier molecular flexibility index (Phi) is 1.99. The first-order chi connectivity index (χ1) is 7.24. The van der Waals surface area contributed by atoms with Crippen LogP contribution >= 0.6 is 0 Å². The molecular formula is C13H18N2. The lowest BCUT2D eigenvalue weighted by Gasteiger charge is -2.33. The van der Waals surface area contributed by atoms with Gasteiger partial charge in [-0.1, -0.05) is 17.7 Å². The fraction of sp³-hybridized carbons (Fsp3) is 0.538. The maximum Gasteiger partial charge on any atom is 0.0433 e. The number of benzene rings is 1. The number of hydrogen-bond acceptors (Lipinski definition) is 2. The number of likely N-dealkylation sites (N-methyl/N-ethyl adjacent to an activating group) is 1. The minimum absolute atomic E-state index is 0.753. The Balaban J connectivity index is 1.83. The number of fused-ring (bicyclic) bond motifs is 2. The van der Waals surface area contributed by atoms with Gasteiger partial charge in [0.05, 0.1) is 0 Å². The summed E-state index contributed by atoms with van der Waals surface area (Å²) in [5.74, 6) is 0. The number of piperazine rings is 1. The van der Waals surface area contributed by atoms with Crippen LogP contribution in [0.5, 0.6) is 0 Å². The Morgan fingerprint density at radius 3 is 2.33 bits per heavy atom. The van der Waals surface area contributed by atoms with Crippen LogP contribution in [0.2, 0.25) is 0 Å². The zero-order valence-corrected chi connectivity index (χ0v) is 9.48. The lowest BCUT2D eigenvalue weighted by molar-refractivity contribution is 0.292. The van der Waals surface area contributed by atoms with Crippen molar-refractivity contribution in [2.24, 2.45) is 0 Å². The van der Waals surface area contributed by atoms with Crippen LogP contribution in [0.3, 0.4) is 0 Å². The molecule has 2 fully saturated rings. The van der Waals surface area contributed by atoms with Crippen molar-refractivity contribution >= 4 is 5.69 Å². The highest BCUT2D eigenvalue weighted by molar-refractivity contribution is 5.50. The highest BCUT2D eigenvalue weighted by Gasteiger charge is 2.41. The standard InChI is InChI=1S/C13H18N2/c1-10-3-5-11(6-4-10)15-9-12-7-13(15)8-14(12)2/h3-6,12-13H,7-9H2,1-2H3/t12-,13-/m0/s1. The molecule has 2 heteroatoms. The average Bonchev–Trinajstić information content (AvgIpc) is 2.77. The highest BCUT2D eigenvalue weighted by Crippen LogP contribution is 2.33. The number of anilines is 1. The Morgan fingerprint density at radius 2 is 1.80 bits per heavy atom. The maximum atomic E-state index is 2.57. The quantitative estimate of drug-likeness (QED) is 0.686. The summed E-state index contributed by atoms with van der Waals surface area (Å²) >= 11 is 0. The maximum absolute atomic E-state index is 2.57. The van der Waals surface area contributed by atoms with Crippen molar-refractivity contribution in [3.63, 3.8) is 0 Å². The van der Waals surface area contributed by atoms with E-state index < -0.39 is 0 Å². The average molecular weight is 202 g/mol. The summed E-state index contributed by atoms with van der Waals surface area (Å²) in [6.45, 7) is 4.59. The molecule has 0 unspecified atom stereocenters. The molecular weight excluding hydrogens is 184 g/mol. The van der Waals surface area contributed by atoms with Crippen molar-refractivity contribution in [3.8, 4) is 0 Å². The number of nitrogens with zero attached hydrogens (tertiary/aromatic N) is 2. The molecule has 1 aromatic rings. The van der Waals surface area contributed by atoms with E-state index >= 15 is 0 Å². The summed E-state index contributed by atoms with van der Waals surface area (Å²) in [7, 11) is 2.25. The molecule has 2 heterocycles. The van der Waals surface area contributed by atoms with Crippen molar-refractivity contribution in [1.82, 2.24) is 4.90 Å². The largest absolute Gasteiger partial charge is 0.366 e. The Morgan fingerprint density at radius 1 is 1.07 bits per heavy atom. The third-order valence-electron chi connectivity index (χ3n) is 3.88. The van der Waals surface area contributed by atoms with E-state index in [1.165, 1.54) is 30.8 Å². The van der Waals surface area contributed by atoms with Gasteiger partial charge in [0.1, 0.15) is 0 Å². The number of rotatable bonds is 1. The molecule has 2 bridgehead atoms. The van der Waals surface area contributed by atoms with E-state index in [1.807, 2.05) is 0 Å². The molecule has 2 saturated heterocycles. The van der Waals surface area contributed by atoms with E-state index in [2.05, 4.69) is 48.0 Å². The minimum Gasteiger partial charge on any atom is -0.366 e. The van der Waals surface area contributed by atoms with Gasteiger partial charge in [-0.25, -0.2) is 0 Å². The van der Waals surface area contributed by atoms with Gasteiger partial charge < -0.3 is 4.90 Å². The smallest absolute Gasteiger partial charge is 0.0433 e. The van der Waals surface area contributed by atoms with Gasteiger partial charge in [0, 0.05) is 30.9 Å². The molecule has 0 N–H and O–H groups in total. The van der Waals surface area contributed by atoms with Crippen molar-refractivity contribution in [2.45, 2.75) is 25.4 Å². The first kappa shape index (κ1) is 9.22. The molecule has 2 aliphatic rings. The van der Waals surface area contributed by atoms with Gasteiger partial charge >= 0.3 is 0 Å². The summed E-state index contributed by atoms with van der Waals surface area (Å²) < 4.78 is 0. The third-order valence-corrected chi connectivity index (χ3v) is 3.88. The van der Waals surface area contributed by atoms with Crippen LogP contribution in [0.1, 0.15) is 12.0 Å². The van der Waals surface area contributed by atoms with Crippen molar-refractivity contribution < 1.29 is 0 Å². The van der Waals surface area contributed by atoms with Gasteiger partial charge in [0.15, 0.2) is 0 Å². The first-order valence-electron chi connectivity index (χ1n) is 5.77. The molecule has 0 amide bonds. The topological polar surface area (TPSA) is 6.48 Å². The first-order valence-corrected chi connectivity index (χ1v) is 5.77. The second-order valence-corrected chi connectivity index (χ2v) is 4.97. The Hall–Kier alpha value is -1.02. The predicted molar refractivity (Wildman–Crippen MR) is 63.3 cm³/mol. The lowest BCUT2D eigenvalue weighted by Crippen LogP contribution is -2.44. The molecule has 2 atom stereocenters. The molecule has 0 aliphatic carbocycles. The van der Waals surface area contributed by atoms with Crippen molar-refractivity contribution in [3.05, 3.63) is 29.8 Å². The van der Waals surface area contributed by atoms with E-state index in [1.54, 1.807) is 0 Å². The van der Waals surface area contributed by atoms with Crippen LogP contribution in [0, 0.1) is 6.92 Å². The molecule has 0 spiro atoms. The van der Waals surface area contributed by atoms with Gasteiger partial charge in [-0.15, -0.1) is 0 Å². The lowest BCUT2D eigenvalue weighted by atomic mass is 10.2. The molecule has 1 aromatic carbocycles. The molecule has 80 valence electrons. The molecule has 0 saturated carbocycles. The summed E-state index contributed by atoms with van der Waals surface area (Å²) in [5.41, 5.74) is 2.75. The highest BCUT2D eigenvalue weighted by atomic mass is 15.3. The second kappa shape index (κ2) is 3.24. The third kappa shape index (κ3) is 1.44.